The summed E-state index contributed by atoms with van der Waals surface area (Å²) in [6.45, 7) is 13.5. The summed E-state index contributed by atoms with van der Waals surface area (Å²) in [5, 5.41) is 12.1. The number of rotatable bonds is 6. The number of hydrogen-bond acceptors (Lipinski definition) is 8. The smallest absolute Gasteiger partial charge is 0.319 e. The third kappa shape index (κ3) is 5.87. The highest BCUT2D eigenvalue weighted by molar-refractivity contribution is 8.01. The van der Waals surface area contributed by atoms with Gasteiger partial charge < -0.3 is 14.7 Å². The Hall–Kier alpha value is -3.31. The molecule has 7 rings (SSSR count). The number of halogens is 3. The Morgan fingerprint density at radius 2 is 1.87 bits per heavy atom. The summed E-state index contributed by atoms with van der Waals surface area (Å²) < 4.78 is 52.7. The lowest BCUT2D eigenvalue weighted by Gasteiger charge is -2.33. The molecule has 4 aromatic rings. The highest BCUT2D eigenvalue weighted by Gasteiger charge is 2.49. The molecule has 2 atom stereocenters. The van der Waals surface area contributed by atoms with E-state index < -0.39 is 23.3 Å². The van der Waals surface area contributed by atoms with Crippen molar-refractivity contribution in [1.82, 2.24) is 19.9 Å². The molecular weight excluding hydrogens is 623 g/mol. The van der Waals surface area contributed by atoms with Crippen LogP contribution in [0.15, 0.2) is 30.5 Å². The molecule has 2 aromatic heterocycles. The highest BCUT2D eigenvalue weighted by atomic mass is 32.2. The molecule has 0 amide bonds. The molecule has 0 aliphatic carbocycles. The van der Waals surface area contributed by atoms with Crippen LogP contribution < -0.4 is 9.64 Å². The first-order valence-electron chi connectivity index (χ1n) is 16.6. The van der Waals surface area contributed by atoms with Gasteiger partial charge in [-0.2, -0.15) is 9.97 Å². The van der Waals surface area contributed by atoms with Crippen LogP contribution in [0.2, 0.25) is 0 Å². The van der Waals surface area contributed by atoms with Gasteiger partial charge in [-0.05, 0) is 80.6 Å². The number of aromatic nitrogens is 3. The molecule has 1 N–H and O–H groups in total. The number of phenolic OH excluding ortho intramolecular Hbond substituents is 1. The number of aryl methyl sites for hydroxylation is 1. The number of fused-ring (bicyclic) bond motifs is 3. The maximum atomic E-state index is 17.0. The zero-order chi connectivity index (χ0) is 33.3. The molecule has 3 saturated heterocycles. The summed E-state index contributed by atoms with van der Waals surface area (Å²) in [5.41, 5.74) is 0.269. The summed E-state index contributed by atoms with van der Waals surface area (Å²) in [4.78, 5) is 18.4. The van der Waals surface area contributed by atoms with Crippen LogP contribution in [0.5, 0.6) is 11.8 Å². The van der Waals surface area contributed by atoms with Crippen LogP contribution >= 0.6 is 11.8 Å². The van der Waals surface area contributed by atoms with Crippen molar-refractivity contribution in [3.8, 4) is 23.0 Å². The standard InChI is InChI=1S/C36H42F3N5O2S/c1-6-24-27(38)9-8-21-14-23(45)15-25(28(21)24)30-29(39)31-26(17-40-30)32(43-13-11-34(2,3)47-35(4,5)19-43)42-33(41-31)46-20-36-10-7-12-44(36)18-22(37)16-36/h8-9,14-15,17,22,45H,6-7,10-13,16,18-20H2,1-5H3/t22-,36+/m1/s1. The Balaban J connectivity index is 1.39. The van der Waals surface area contributed by atoms with Gasteiger partial charge in [-0.25, -0.2) is 13.2 Å². The Kier molecular flexibility index (Phi) is 8.02. The second kappa shape index (κ2) is 11.7. The lowest BCUT2D eigenvalue weighted by Crippen LogP contribution is -2.43. The number of ether oxygens (including phenoxy) is 1. The number of thioether (sulfide) groups is 1. The molecular formula is C36H42F3N5O2S. The van der Waals surface area contributed by atoms with E-state index >= 15 is 8.78 Å². The van der Waals surface area contributed by atoms with E-state index in [0.29, 0.717) is 60.0 Å². The van der Waals surface area contributed by atoms with E-state index in [9.17, 15) is 9.50 Å². The van der Waals surface area contributed by atoms with Crippen LogP contribution in [0.25, 0.3) is 32.9 Å². The normalized spacial score (nSPS) is 24.2. The Morgan fingerprint density at radius 1 is 1.06 bits per heavy atom. The summed E-state index contributed by atoms with van der Waals surface area (Å²) >= 11 is 1.92. The summed E-state index contributed by atoms with van der Waals surface area (Å²) in [7, 11) is 0. The van der Waals surface area contributed by atoms with Crippen molar-refractivity contribution in [2.24, 2.45) is 0 Å². The average Bonchev–Trinajstić information content (AvgIpc) is 3.49. The molecule has 0 bridgehead atoms. The van der Waals surface area contributed by atoms with Crippen molar-refractivity contribution in [3.05, 3.63) is 47.7 Å². The molecule has 11 heteroatoms. The zero-order valence-corrected chi connectivity index (χ0v) is 28.5. The highest BCUT2D eigenvalue weighted by Crippen LogP contribution is 2.45. The van der Waals surface area contributed by atoms with Crippen molar-refractivity contribution in [2.75, 3.05) is 37.7 Å². The first-order valence-corrected chi connectivity index (χ1v) is 17.4. The molecule has 3 aliphatic heterocycles. The van der Waals surface area contributed by atoms with E-state index in [4.69, 9.17) is 9.72 Å². The van der Waals surface area contributed by atoms with Crippen LogP contribution in [0.4, 0.5) is 19.0 Å². The van der Waals surface area contributed by atoms with Gasteiger partial charge in [0.15, 0.2) is 5.82 Å². The van der Waals surface area contributed by atoms with E-state index in [0.717, 1.165) is 25.8 Å². The summed E-state index contributed by atoms with van der Waals surface area (Å²) in [6, 6.07) is 5.94. The number of hydrogen-bond donors (Lipinski definition) is 1. The van der Waals surface area contributed by atoms with Crippen LogP contribution in [0.1, 0.15) is 65.9 Å². The third-order valence-electron chi connectivity index (χ3n) is 10.0. The fourth-order valence-electron chi connectivity index (χ4n) is 8.15. The predicted molar refractivity (Wildman–Crippen MR) is 182 cm³/mol. The molecule has 47 heavy (non-hydrogen) atoms. The lowest BCUT2D eigenvalue weighted by atomic mass is 9.94. The molecule has 3 fully saturated rings. The van der Waals surface area contributed by atoms with Gasteiger partial charge in [-0.1, -0.05) is 26.8 Å². The minimum absolute atomic E-state index is 0.0240. The third-order valence-corrected chi connectivity index (χ3v) is 11.5. The monoisotopic (exact) mass is 665 g/mol. The van der Waals surface area contributed by atoms with Gasteiger partial charge in [0.25, 0.3) is 0 Å². The van der Waals surface area contributed by atoms with E-state index in [1.54, 1.807) is 18.3 Å². The second-order valence-corrected chi connectivity index (χ2v) is 17.1. The maximum absolute atomic E-state index is 17.0. The number of anilines is 1. The van der Waals surface area contributed by atoms with Crippen molar-refractivity contribution in [3.63, 3.8) is 0 Å². The zero-order valence-electron chi connectivity index (χ0n) is 27.7. The molecule has 2 aromatic carbocycles. The number of nitrogens with zero attached hydrogens (tertiary/aromatic N) is 5. The number of pyridine rings is 1. The van der Waals surface area contributed by atoms with Crippen molar-refractivity contribution in [1.29, 1.82) is 0 Å². The summed E-state index contributed by atoms with van der Waals surface area (Å²) in [5.74, 6) is -0.653. The van der Waals surface area contributed by atoms with Gasteiger partial charge in [0.1, 0.15) is 41.4 Å². The maximum Gasteiger partial charge on any atom is 0.319 e. The molecule has 0 radical (unpaired) electrons. The van der Waals surface area contributed by atoms with Crippen LogP contribution in [-0.4, -0.2) is 78.9 Å². The van der Waals surface area contributed by atoms with Crippen LogP contribution in [0, 0.1) is 11.6 Å². The molecule has 250 valence electrons. The molecule has 7 nitrogen and oxygen atoms in total. The van der Waals surface area contributed by atoms with E-state index in [1.165, 1.54) is 12.1 Å². The van der Waals surface area contributed by atoms with Crippen molar-refractivity contribution in [2.45, 2.75) is 87.9 Å². The fourth-order valence-corrected chi connectivity index (χ4v) is 10.1. The van der Waals surface area contributed by atoms with Gasteiger partial charge >= 0.3 is 6.01 Å². The largest absolute Gasteiger partial charge is 0.508 e. The summed E-state index contributed by atoms with van der Waals surface area (Å²) in [6.07, 6.45) is 4.11. The topological polar surface area (TPSA) is 74.6 Å². The minimum atomic E-state index is -0.909. The molecule has 0 unspecified atom stereocenters. The van der Waals surface area contributed by atoms with Crippen LogP contribution in [-0.2, 0) is 6.42 Å². The number of benzene rings is 2. The Morgan fingerprint density at radius 3 is 2.66 bits per heavy atom. The van der Waals surface area contributed by atoms with Gasteiger partial charge in [0.05, 0.1) is 10.9 Å². The lowest BCUT2D eigenvalue weighted by molar-refractivity contribution is 0.107. The molecule has 5 heterocycles. The van der Waals surface area contributed by atoms with Gasteiger partial charge in [0.2, 0.25) is 0 Å². The van der Waals surface area contributed by atoms with Gasteiger partial charge in [0, 0.05) is 47.3 Å². The predicted octanol–water partition coefficient (Wildman–Crippen LogP) is 7.85. The number of phenols is 1. The van der Waals surface area contributed by atoms with E-state index in [2.05, 4.69) is 47.5 Å². The van der Waals surface area contributed by atoms with Gasteiger partial charge in [-0.15, -0.1) is 11.8 Å². The Labute approximate surface area is 277 Å². The minimum Gasteiger partial charge on any atom is -0.508 e. The quantitative estimate of drug-likeness (QED) is 0.223. The second-order valence-electron chi connectivity index (χ2n) is 14.6. The molecule has 3 aliphatic rings. The molecule has 0 saturated carbocycles. The van der Waals surface area contributed by atoms with Crippen molar-refractivity contribution >= 4 is 39.3 Å². The van der Waals surface area contributed by atoms with Crippen molar-refractivity contribution < 1.29 is 23.0 Å². The first kappa shape index (κ1) is 32.2. The number of aromatic hydroxyl groups is 1. The SMILES string of the molecule is CCc1c(F)ccc2cc(O)cc(-c3ncc4c(N5CCC(C)(C)SC(C)(C)C5)nc(OC[C@@]56CCCN5C[C@H](F)C6)nc4c3F)c12. The van der Waals surface area contributed by atoms with E-state index in [1.807, 2.05) is 18.7 Å². The number of alkyl halides is 1. The first-order chi connectivity index (χ1) is 22.3. The van der Waals surface area contributed by atoms with E-state index in [-0.39, 0.29) is 44.6 Å². The fraction of sp³-hybridized carbons (Fsp3) is 0.528. The molecule has 0 spiro atoms. The van der Waals surface area contributed by atoms with Gasteiger partial charge in [-0.3, -0.25) is 9.88 Å². The van der Waals surface area contributed by atoms with Crippen LogP contribution in [0.3, 0.4) is 0 Å². The average molecular weight is 666 g/mol. The Bertz CT molecular complexity index is 1870.